The van der Waals surface area contributed by atoms with E-state index in [1.807, 2.05) is 127 Å². The van der Waals surface area contributed by atoms with Gasteiger partial charge in [0.25, 0.3) is 0 Å². The maximum atomic E-state index is 11.4. The first-order valence-electron chi connectivity index (χ1n) is 30.5. The van der Waals surface area contributed by atoms with Crippen LogP contribution in [0, 0.1) is 0 Å². The SMILES string of the molecule is CCCCC(N)C(=O)OCC.CCOC(=O)C(C)N.CCOC(=O)C(C)NC(=O)NC(C)C(=O)OCC.CCOC(=O)C(C)NC(=O)O.CCOC(=O)C(C)NC(=O)OCc1ccccc1.O=C(O)OCc1ccccc1.O=C(OCc1ccccc1)OCc1ccccc1. The van der Waals surface area contributed by atoms with Crippen LogP contribution in [0.15, 0.2) is 121 Å². The molecule has 4 rings (SSSR count). The average Bonchev–Trinajstić information content (AvgIpc) is 2.98. The van der Waals surface area contributed by atoms with E-state index >= 15 is 0 Å². The first-order chi connectivity index (χ1) is 45.2. The summed E-state index contributed by atoms with van der Waals surface area (Å²) < 4.78 is 47.3. The van der Waals surface area contributed by atoms with Gasteiger partial charge < -0.3 is 90.3 Å². The lowest BCUT2D eigenvalue weighted by Crippen LogP contribution is -2.49. The number of urea groups is 1. The third kappa shape index (κ3) is 52.2. The lowest BCUT2D eigenvalue weighted by atomic mass is 10.1. The van der Waals surface area contributed by atoms with Crippen molar-refractivity contribution in [2.45, 2.75) is 165 Å². The number of nitrogens with two attached hydrogens (primary N) is 2. The minimum atomic E-state index is -1.24. The number of hydrogen-bond donors (Lipinski definition) is 8. The monoisotopic (exact) mass is 1340 g/mol. The van der Waals surface area contributed by atoms with Gasteiger partial charge in [-0.15, -0.1) is 0 Å². The molecular formula is C66H98N6O23. The van der Waals surface area contributed by atoms with E-state index < -0.39 is 90.7 Å². The van der Waals surface area contributed by atoms with E-state index in [0.29, 0.717) is 13.2 Å². The van der Waals surface area contributed by atoms with Crippen LogP contribution in [0.3, 0.4) is 0 Å². The van der Waals surface area contributed by atoms with Crippen molar-refractivity contribution in [3.8, 4) is 0 Å². The van der Waals surface area contributed by atoms with Gasteiger partial charge in [-0.2, -0.15) is 0 Å². The van der Waals surface area contributed by atoms with Crippen LogP contribution in [-0.4, -0.2) is 152 Å². The van der Waals surface area contributed by atoms with Crippen LogP contribution in [0.1, 0.15) is 125 Å². The van der Waals surface area contributed by atoms with E-state index in [1.54, 1.807) is 55.4 Å². The second-order valence-corrected chi connectivity index (χ2v) is 19.0. The zero-order valence-corrected chi connectivity index (χ0v) is 56.3. The molecule has 0 aliphatic carbocycles. The zero-order valence-electron chi connectivity index (χ0n) is 56.3. The number of carbonyl (C=O) groups is 11. The largest absolute Gasteiger partial charge is 0.508 e. The highest BCUT2D eigenvalue weighted by atomic mass is 16.7. The summed E-state index contributed by atoms with van der Waals surface area (Å²) in [5.74, 6) is -2.72. The summed E-state index contributed by atoms with van der Waals surface area (Å²) >= 11 is 0. The third-order valence-corrected chi connectivity index (χ3v) is 10.9. The van der Waals surface area contributed by atoms with Crippen molar-refractivity contribution in [3.63, 3.8) is 0 Å². The Bertz CT molecular complexity index is 2680. The zero-order chi connectivity index (χ0) is 72.4. The molecule has 6 atom stereocenters. The predicted molar refractivity (Wildman–Crippen MR) is 349 cm³/mol. The Morgan fingerprint density at radius 3 is 0.937 bits per heavy atom. The van der Waals surface area contributed by atoms with Crippen LogP contribution in [0.2, 0.25) is 0 Å². The minimum absolute atomic E-state index is 0.121. The number of nitrogens with one attached hydrogen (secondary N) is 4. The highest BCUT2D eigenvalue weighted by Crippen LogP contribution is 2.06. The Morgan fingerprint density at radius 2 is 0.653 bits per heavy atom. The molecule has 4 aromatic rings. The molecule has 0 aliphatic heterocycles. The third-order valence-electron chi connectivity index (χ3n) is 10.9. The first kappa shape index (κ1) is 89.2. The lowest BCUT2D eigenvalue weighted by Gasteiger charge is -2.16. The number of rotatable bonds is 27. The van der Waals surface area contributed by atoms with Crippen molar-refractivity contribution in [3.05, 3.63) is 144 Å². The Morgan fingerprint density at radius 1 is 0.368 bits per heavy atom. The Labute approximate surface area is 555 Å². The molecule has 0 aliphatic rings. The van der Waals surface area contributed by atoms with E-state index in [2.05, 4.69) is 37.1 Å². The number of amides is 4. The van der Waals surface area contributed by atoms with Crippen LogP contribution in [0.5, 0.6) is 0 Å². The standard InChI is InChI=1S/C15H14O3.C13H17NO4.C11H20N2O5.C8H17NO2.C8H8O3.C6H11NO4.C5H11NO2/c16-15(17-11-13-7-3-1-4-8-13)18-12-14-9-5-2-6-10-14;1-3-17-12(15)10(2)14-13(16)18-9-11-7-5-4-6-8-11;1-5-17-9(14)7(3)12-11(16)13-8(4)10(15)18-6-2;1-3-5-6-7(9)8(10)11-4-2;9-8(10)11-6-7-4-2-1-3-5-7;1-3-11-5(8)4(2)7-6(9)10;1-3-8-5(7)4(2)6/h1-10H,11-12H2;4-8,10H,3,9H2,1-2H3,(H,14,16);7-8H,5-6H2,1-4H3,(H2,12,13,16);7H,3-6,9H2,1-2H3;1-5H,6H2,(H,9,10);4,7H,3H2,1-2H3,(H,9,10);4H,3,6H2,1-2H3. The van der Waals surface area contributed by atoms with Crippen molar-refractivity contribution in [1.82, 2.24) is 21.3 Å². The van der Waals surface area contributed by atoms with Crippen molar-refractivity contribution in [2.24, 2.45) is 11.5 Å². The molecule has 0 fully saturated rings. The Hall–Kier alpha value is -10.0. The predicted octanol–water partition coefficient (Wildman–Crippen LogP) is 8.64. The number of hydrogen-bond acceptors (Lipinski definition) is 23. The molecule has 0 saturated heterocycles. The van der Waals surface area contributed by atoms with Crippen molar-refractivity contribution in [1.29, 1.82) is 0 Å². The molecule has 6 unspecified atom stereocenters. The average molecular weight is 1340 g/mol. The summed E-state index contributed by atoms with van der Waals surface area (Å²) in [6.07, 6.45) is -0.982. The van der Waals surface area contributed by atoms with Crippen molar-refractivity contribution >= 4 is 66.3 Å². The quantitative estimate of drug-likeness (QED) is 0.0204. The maximum absolute atomic E-state index is 11.4. The molecule has 4 aromatic carbocycles. The summed E-state index contributed by atoms with van der Waals surface area (Å²) in [5, 5.41) is 25.4. The fourth-order valence-electron chi connectivity index (χ4n) is 6.13. The second kappa shape index (κ2) is 57.8. The second-order valence-electron chi connectivity index (χ2n) is 19.0. The summed E-state index contributed by atoms with van der Waals surface area (Å²) in [5.41, 5.74) is 14.3. The summed E-state index contributed by atoms with van der Waals surface area (Å²) in [6.45, 7) is 22.4. The van der Waals surface area contributed by atoms with Gasteiger partial charge in [-0.3, -0.25) is 9.59 Å². The normalized spacial score (nSPS) is 11.5. The molecule has 0 heterocycles. The van der Waals surface area contributed by atoms with Gasteiger partial charge in [0.1, 0.15) is 62.7 Å². The number of esters is 6. The molecule has 0 aromatic heterocycles. The Balaban J connectivity index is -0.00000106. The highest BCUT2D eigenvalue weighted by molar-refractivity contribution is 5.87. The van der Waals surface area contributed by atoms with Crippen molar-refractivity contribution < 1.29 is 110 Å². The van der Waals surface area contributed by atoms with E-state index in [4.69, 9.17) is 54.8 Å². The molecule has 0 saturated carbocycles. The number of ether oxygens (including phenoxy) is 10. The minimum Gasteiger partial charge on any atom is -0.465 e. The van der Waals surface area contributed by atoms with Gasteiger partial charge in [0.05, 0.1) is 39.6 Å². The van der Waals surface area contributed by atoms with Crippen molar-refractivity contribution in [2.75, 3.05) is 39.6 Å². The van der Waals surface area contributed by atoms with Gasteiger partial charge in [-0.25, -0.2) is 43.2 Å². The number of carboxylic acid groups (broad SMARTS) is 2. The fraction of sp³-hybridized carbons (Fsp3) is 0.470. The van der Waals surface area contributed by atoms with Gasteiger partial charge in [0, 0.05) is 0 Å². The van der Waals surface area contributed by atoms with Gasteiger partial charge in [0.15, 0.2) is 0 Å². The number of alkyl carbamates (subject to hydrolysis) is 1. The smallest absolute Gasteiger partial charge is 0.465 e. The number of benzene rings is 4. The van der Waals surface area contributed by atoms with Gasteiger partial charge in [-0.05, 0) is 105 Å². The molecule has 29 heteroatoms. The Kier molecular flexibility index (Phi) is 54.3. The number of unbranched alkanes of at least 4 members (excludes halogenated alkanes) is 1. The van der Waals surface area contributed by atoms with Crippen LogP contribution < -0.4 is 32.7 Å². The maximum Gasteiger partial charge on any atom is 0.508 e. The summed E-state index contributed by atoms with van der Waals surface area (Å²) in [7, 11) is 0. The molecule has 0 spiro atoms. The molecule has 10 N–H and O–H groups in total. The highest BCUT2D eigenvalue weighted by Gasteiger charge is 2.21. The molecule has 0 radical (unpaired) electrons. The summed E-state index contributed by atoms with van der Waals surface area (Å²) in [6, 6.07) is 32.8. The lowest BCUT2D eigenvalue weighted by molar-refractivity contribution is -0.146. The molecule has 0 bridgehead atoms. The van der Waals surface area contributed by atoms with E-state index in [1.165, 1.54) is 20.8 Å². The van der Waals surface area contributed by atoms with Gasteiger partial charge >= 0.3 is 66.3 Å². The van der Waals surface area contributed by atoms with Crippen LogP contribution in [-0.2, 0) is 103 Å². The molecule has 4 amide bonds. The van der Waals surface area contributed by atoms with Crippen LogP contribution in [0.4, 0.5) is 24.0 Å². The molecule has 29 nitrogen and oxygen atoms in total. The van der Waals surface area contributed by atoms with Crippen LogP contribution in [0.25, 0.3) is 0 Å². The fourth-order valence-corrected chi connectivity index (χ4v) is 6.13. The van der Waals surface area contributed by atoms with Gasteiger partial charge in [0.2, 0.25) is 0 Å². The summed E-state index contributed by atoms with van der Waals surface area (Å²) in [4.78, 5) is 120. The molecule has 530 valence electrons. The number of carbonyl (C=O) groups excluding carboxylic acids is 9. The molecule has 95 heavy (non-hydrogen) atoms. The topological polar surface area (TPSA) is 421 Å². The van der Waals surface area contributed by atoms with E-state index in [0.717, 1.165) is 41.5 Å². The molecular weight excluding hydrogens is 1240 g/mol. The van der Waals surface area contributed by atoms with Crippen LogP contribution >= 0.6 is 0 Å². The first-order valence-corrected chi connectivity index (χ1v) is 30.5. The van der Waals surface area contributed by atoms with E-state index in [-0.39, 0.29) is 64.8 Å². The van der Waals surface area contributed by atoms with E-state index in [9.17, 15) is 52.7 Å². The van der Waals surface area contributed by atoms with Gasteiger partial charge in [-0.1, -0.05) is 141 Å².